The van der Waals surface area contributed by atoms with E-state index >= 15 is 0 Å². The van der Waals surface area contributed by atoms with Crippen LogP contribution in [0.4, 0.5) is 0 Å². The molecule has 0 saturated heterocycles. The second kappa shape index (κ2) is 10.4. The van der Waals surface area contributed by atoms with Gasteiger partial charge in [-0.25, -0.2) is 4.79 Å². The molecule has 0 atom stereocenters. The Morgan fingerprint density at radius 2 is 1.93 bits per heavy atom. The molecule has 1 amide bonds. The van der Waals surface area contributed by atoms with Crippen molar-refractivity contribution in [2.45, 2.75) is 19.9 Å². The van der Waals surface area contributed by atoms with Gasteiger partial charge in [-0.1, -0.05) is 31.2 Å². The zero-order chi connectivity index (χ0) is 20.5. The van der Waals surface area contributed by atoms with Crippen LogP contribution in [0, 0.1) is 0 Å². The van der Waals surface area contributed by atoms with Crippen molar-refractivity contribution in [2.75, 3.05) is 19.8 Å². The lowest BCUT2D eigenvalue weighted by atomic mass is 10.3. The number of rotatable bonds is 10. The molecule has 0 spiro atoms. The number of para-hydroxylation sites is 1. The second-order valence-electron chi connectivity index (χ2n) is 6.06. The van der Waals surface area contributed by atoms with Crippen molar-refractivity contribution in [2.24, 2.45) is 0 Å². The Hall–Kier alpha value is -3.20. The van der Waals surface area contributed by atoms with Crippen LogP contribution in [0.5, 0.6) is 5.75 Å². The molecule has 0 radical (unpaired) electrons. The molecule has 0 aliphatic carbocycles. The van der Waals surface area contributed by atoms with Gasteiger partial charge in [0, 0.05) is 6.54 Å². The Morgan fingerprint density at radius 3 is 2.66 bits per heavy atom. The predicted octanol–water partition coefficient (Wildman–Crippen LogP) is 3.16. The summed E-state index contributed by atoms with van der Waals surface area (Å²) in [5, 5.41) is 9.93. The molecule has 0 bridgehead atoms. The summed E-state index contributed by atoms with van der Waals surface area (Å²) in [4.78, 5) is 26.7. The lowest BCUT2D eigenvalue weighted by Crippen LogP contribution is -2.35. The van der Waals surface area contributed by atoms with Gasteiger partial charge in [0.2, 0.25) is 5.89 Å². The Labute approximate surface area is 172 Å². The van der Waals surface area contributed by atoms with Crippen LogP contribution in [0.3, 0.4) is 0 Å². The molecule has 152 valence electrons. The number of amides is 1. The number of hydrogen-bond acceptors (Lipinski definition) is 8. The van der Waals surface area contributed by atoms with Gasteiger partial charge in [-0.3, -0.25) is 4.79 Å². The SMILES string of the molecule is CCCN(Cc1nnc(-c2cccs2)o1)C(=O)COC(=O)COc1ccccc1. The number of ether oxygens (including phenoxy) is 2. The number of carbonyl (C=O) groups is 2. The molecule has 0 aliphatic rings. The summed E-state index contributed by atoms with van der Waals surface area (Å²) in [6, 6.07) is 12.7. The minimum Gasteiger partial charge on any atom is -0.482 e. The van der Waals surface area contributed by atoms with E-state index in [-0.39, 0.29) is 25.7 Å². The van der Waals surface area contributed by atoms with E-state index in [9.17, 15) is 9.59 Å². The fourth-order valence-electron chi connectivity index (χ4n) is 2.48. The highest BCUT2D eigenvalue weighted by Gasteiger charge is 2.19. The number of aromatic nitrogens is 2. The highest BCUT2D eigenvalue weighted by Crippen LogP contribution is 2.23. The monoisotopic (exact) mass is 415 g/mol. The van der Waals surface area contributed by atoms with Crippen molar-refractivity contribution in [1.29, 1.82) is 0 Å². The van der Waals surface area contributed by atoms with Gasteiger partial charge in [0.1, 0.15) is 5.75 Å². The number of hydrogen-bond donors (Lipinski definition) is 0. The summed E-state index contributed by atoms with van der Waals surface area (Å²) < 4.78 is 16.0. The standard InChI is InChI=1S/C20H21N3O5S/c1-2-10-23(12-17-21-22-20(28-17)16-9-6-11-29-16)18(24)13-27-19(25)14-26-15-7-4-3-5-8-15/h3-9,11H,2,10,12-14H2,1H3. The largest absolute Gasteiger partial charge is 0.482 e. The van der Waals surface area contributed by atoms with Crippen LogP contribution in [0.25, 0.3) is 10.8 Å². The first-order valence-corrected chi connectivity index (χ1v) is 10.0. The molecule has 3 aromatic rings. The van der Waals surface area contributed by atoms with Crippen LogP contribution < -0.4 is 4.74 Å². The van der Waals surface area contributed by atoms with Gasteiger partial charge in [0.15, 0.2) is 13.2 Å². The maximum atomic E-state index is 12.5. The molecule has 0 N–H and O–H groups in total. The normalized spacial score (nSPS) is 10.5. The van der Waals surface area contributed by atoms with Crippen molar-refractivity contribution in [1.82, 2.24) is 15.1 Å². The van der Waals surface area contributed by atoms with Crippen LogP contribution >= 0.6 is 11.3 Å². The van der Waals surface area contributed by atoms with E-state index in [1.54, 1.807) is 24.3 Å². The molecular weight excluding hydrogens is 394 g/mol. The number of thiophene rings is 1. The van der Waals surface area contributed by atoms with Gasteiger partial charge in [-0.2, -0.15) is 0 Å². The Bertz CT molecular complexity index is 911. The smallest absolute Gasteiger partial charge is 0.344 e. The number of nitrogens with zero attached hydrogens (tertiary/aromatic N) is 3. The van der Waals surface area contributed by atoms with Crippen molar-refractivity contribution in [3.63, 3.8) is 0 Å². The van der Waals surface area contributed by atoms with Crippen LogP contribution in [0.1, 0.15) is 19.2 Å². The quantitative estimate of drug-likeness (QED) is 0.469. The van der Waals surface area contributed by atoms with E-state index in [0.717, 1.165) is 11.3 Å². The van der Waals surface area contributed by atoms with E-state index < -0.39 is 5.97 Å². The van der Waals surface area contributed by atoms with Crippen molar-refractivity contribution in [3.05, 3.63) is 53.7 Å². The fraction of sp³-hybridized carbons (Fsp3) is 0.300. The first-order chi connectivity index (χ1) is 14.2. The third-order valence-electron chi connectivity index (χ3n) is 3.83. The molecule has 29 heavy (non-hydrogen) atoms. The molecule has 8 nitrogen and oxygen atoms in total. The average Bonchev–Trinajstić information content (AvgIpc) is 3.43. The summed E-state index contributed by atoms with van der Waals surface area (Å²) in [5.41, 5.74) is 0. The number of carbonyl (C=O) groups excluding carboxylic acids is 2. The summed E-state index contributed by atoms with van der Waals surface area (Å²) >= 11 is 1.49. The summed E-state index contributed by atoms with van der Waals surface area (Å²) in [6.45, 7) is 1.95. The molecular formula is C20H21N3O5S. The second-order valence-corrected chi connectivity index (χ2v) is 7.00. The topological polar surface area (TPSA) is 94.8 Å². The van der Waals surface area contributed by atoms with E-state index in [1.807, 2.05) is 30.5 Å². The van der Waals surface area contributed by atoms with Gasteiger partial charge in [-0.15, -0.1) is 21.5 Å². The van der Waals surface area contributed by atoms with Gasteiger partial charge in [0.25, 0.3) is 11.8 Å². The molecule has 1 aromatic carbocycles. The lowest BCUT2D eigenvalue weighted by Gasteiger charge is -2.20. The third-order valence-corrected chi connectivity index (χ3v) is 4.69. The van der Waals surface area contributed by atoms with Crippen molar-refractivity contribution < 1.29 is 23.5 Å². The van der Waals surface area contributed by atoms with E-state index in [2.05, 4.69) is 10.2 Å². The number of esters is 1. The highest BCUT2D eigenvalue weighted by molar-refractivity contribution is 7.13. The molecule has 2 aromatic heterocycles. The molecule has 0 aliphatic heterocycles. The van der Waals surface area contributed by atoms with Crippen molar-refractivity contribution in [3.8, 4) is 16.5 Å². The molecule has 2 heterocycles. The minimum absolute atomic E-state index is 0.156. The zero-order valence-electron chi connectivity index (χ0n) is 15.9. The van der Waals surface area contributed by atoms with Crippen molar-refractivity contribution >= 4 is 23.2 Å². The highest BCUT2D eigenvalue weighted by atomic mass is 32.1. The lowest BCUT2D eigenvalue weighted by molar-refractivity contribution is -0.154. The maximum Gasteiger partial charge on any atom is 0.344 e. The summed E-state index contributed by atoms with van der Waals surface area (Å²) in [7, 11) is 0. The van der Waals surface area contributed by atoms with Crippen LogP contribution in [0.2, 0.25) is 0 Å². The predicted molar refractivity (Wildman–Crippen MR) is 106 cm³/mol. The van der Waals surface area contributed by atoms with Gasteiger partial charge < -0.3 is 18.8 Å². The Balaban J connectivity index is 1.49. The van der Waals surface area contributed by atoms with E-state index in [1.165, 1.54) is 16.2 Å². The first kappa shape index (κ1) is 20.5. The molecule has 0 fully saturated rings. The summed E-state index contributed by atoms with van der Waals surface area (Å²) in [6.07, 6.45) is 0.739. The molecule has 0 unspecified atom stereocenters. The average molecular weight is 415 g/mol. The van der Waals surface area contributed by atoms with E-state index in [0.29, 0.717) is 24.1 Å². The minimum atomic E-state index is -0.614. The van der Waals surface area contributed by atoms with Gasteiger partial charge >= 0.3 is 5.97 Å². The fourth-order valence-corrected chi connectivity index (χ4v) is 3.12. The third kappa shape index (κ3) is 6.15. The van der Waals surface area contributed by atoms with Crippen LogP contribution in [-0.2, 0) is 20.9 Å². The maximum absolute atomic E-state index is 12.5. The van der Waals surface area contributed by atoms with Crippen LogP contribution in [-0.4, -0.2) is 46.7 Å². The summed E-state index contributed by atoms with van der Waals surface area (Å²) in [5.74, 6) is 0.353. The molecule has 9 heteroatoms. The molecule has 3 rings (SSSR count). The van der Waals surface area contributed by atoms with Gasteiger partial charge in [0.05, 0.1) is 11.4 Å². The van der Waals surface area contributed by atoms with Gasteiger partial charge in [-0.05, 0) is 30.0 Å². The number of benzene rings is 1. The molecule has 0 saturated carbocycles. The zero-order valence-corrected chi connectivity index (χ0v) is 16.8. The Morgan fingerprint density at radius 1 is 1.10 bits per heavy atom. The Kier molecular flexibility index (Phi) is 7.34. The van der Waals surface area contributed by atoms with Crippen LogP contribution in [0.15, 0.2) is 52.3 Å². The van der Waals surface area contributed by atoms with E-state index in [4.69, 9.17) is 13.9 Å². The first-order valence-electron chi connectivity index (χ1n) is 9.13.